The molecule has 0 radical (unpaired) electrons. The first-order chi connectivity index (χ1) is 39.1. The Morgan fingerprint density at radius 3 is 2.06 bits per heavy atom. The molecule has 1 heterocycles. The number of allylic oxidation sites excluding steroid dienone is 13. The van der Waals surface area contributed by atoms with Gasteiger partial charge < -0.3 is 14.6 Å². The molecule has 3 nitrogen and oxygen atoms in total. The normalized spacial score (nSPS) is 16.6. The van der Waals surface area contributed by atoms with Crippen molar-refractivity contribution < 1.29 is 5.11 Å². The average Bonchev–Trinajstić information content (AvgIpc) is 3.60. The first-order valence-corrected chi connectivity index (χ1v) is 28.4. The molecule has 5 aliphatic rings. The monoisotopic (exact) mass is 1030 g/mol. The Labute approximate surface area is 467 Å². The molecular formula is C76H70N2O. The van der Waals surface area contributed by atoms with Crippen LogP contribution in [0, 0.1) is 0 Å². The van der Waals surface area contributed by atoms with Gasteiger partial charge in [0.1, 0.15) is 0 Å². The zero-order chi connectivity index (χ0) is 54.8. The lowest BCUT2D eigenvalue weighted by Gasteiger charge is -2.33. The molecule has 0 bridgehead atoms. The smallest absolute Gasteiger partial charge is 0.0685 e. The number of hydrogen-bond donors (Lipinski definition) is 1. The third-order valence-corrected chi connectivity index (χ3v) is 16.5. The first-order valence-electron chi connectivity index (χ1n) is 28.4. The second kappa shape index (κ2) is 22.3. The van der Waals surface area contributed by atoms with Crippen LogP contribution in [0.15, 0.2) is 254 Å². The van der Waals surface area contributed by atoms with Crippen molar-refractivity contribution in [2.45, 2.75) is 65.2 Å². The van der Waals surface area contributed by atoms with Crippen molar-refractivity contribution in [3.63, 3.8) is 0 Å². The summed E-state index contributed by atoms with van der Waals surface area (Å²) in [5.74, 6) is 0.462. The van der Waals surface area contributed by atoms with Crippen molar-refractivity contribution in [3.05, 3.63) is 277 Å². The van der Waals surface area contributed by atoms with E-state index in [0.29, 0.717) is 5.92 Å². The summed E-state index contributed by atoms with van der Waals surface area (Å²) in [4.78, 5) is 2.30. The molecule has 79 heavy (non-hydrogen) atoms. The largest absolute Gasteiger partial charge is 0.400 e. The van der Waals surface area contributed by atoms with Crippen LogP contribution in [0.1, 0.15) is 82.1 Å². The van der Waals surface area contributed by atoms with Gasteiger partial charge in [-0.05, 0) is 157 Å². The molecule has 3 heteroatoms. The first kappa shape index (κ1) is 52.3. The number of aliphatic hydroxyl groups excluding tert-OH is 1. The fourth-order valence-electron chi connectivity index (χ4n) is 13.4. The van der Waals surface area contributed by atoms with Crippen LogP contribution < -0.4 is 4.90 Å². The Balaban J connectivity index is 0.000000175. The maximum Gasteiger partial charge on any atom is 0.0685 e. The number of aliphatic hydroxyl groups is 1. The van der Waals surface area contributed by atoms with Crippen LogP contribution in [0.3, 0.4) is 0 Å². The van der Waals surface area contributed by atoms with Crippen molar-refractivity contribution in [3.8, 4) is 33.5 Å². The minimum atomic E-state index is -0.195. The standard InChI is InChI=1S/C45H32N2.C26H22.2C2H6.CH4O/c1-46(36-23-24-38-33(27-36)21-20-29-10-5-6-17-37(29)38)35-16-7-13-31(26-35)32-22-25-42-41(28-32)44-39-18-8-11-30-12-9-19-40(43(30)39)45(44)47(42)34-14-3-2-4-15-34;1-3-11-18-19-12-5-8-15-23(19)26(22(18)4-2)24-16-9-6-13-20(24)21-14-7-10-17-25(21)26;3*1-2/h2-3,5-14,16-28H,4,15H2,1H3;3-13,15-17,21H,2,14H2,1H3;2*1-2H3;2H,1H3/b;11-3-;;;. The molecule has 0 aliphatic heterocycles. The summed E-state index contributed by atoms with van der Waals surface area (Å²) in [7, 11) is 3.17. The van der Waals surface area contributed by atoms with E-state index in [1.54, 1.807) is 0 Å². The van der Waals surface area contributed by atoms with Gasteiger partial charge in [0.05, 0.1) is 16.6 Å². The molecule has 2 unspecified atom stereocenters. The Hall–Kier alpha value is -8.76. The summed E-state index contributed by atoms with van der Waals surface area (Å²) in [6.07, 6.45) is 23.4. The lowest BCUT2D eigenvalue weighted by Crippen LogP contribution is -2.28. The van der Waals surface area contributed by atoms with E-state index in [2.05, 4.69) is 267 Å². The third kappa shape index (κ3) is 8.38. The van der Waals surface area contributed by atoms with Gasteiger partial charge in [-0.3, -0.25) is 0 Å². The number of anilines is 2. The van der Waals surface area contributed by atoms with Crippen LogP contribution in [0.5, 0.6) is 0 Å². The van der Waals surface area contributed by atoms with Crippen molar-refractivity contribution in [1.29, 1.82) is 0 Å². The molecule has 0 amide bonds. The van der Waals surface area contributed by atoms with Gasteiger partial charge in [-0.15, -0.1) is 0 Å². The van der Waals surface area contributed by atoms with E-state index in [0.717, 1.165) is 26.4 Å². The molecule has 2 atom stereocenters. The van der Waals surface area contributed by atoms with Crippen LogP contribution in [0.2, 0.25) is 0 Å². The lowest BCUT2D eigenvalue weighted by molar-refractivity contribution is 0.399. The maximum atomic E-state index is 7.00. The molecule has 390 valence electrons. The van der Waals surface area contributed by atoms with Crippen LogP contribution in [0.25, 0.3) is 88.0 Å². The molecule has 9 aromatic carbocycles. The molecule has 5 aliphatic carbocycles. The zero-order valence-corrected chi connectivity index (χ0v) is 46.8. The Kier molecular flexibility index (Phi) is 14.8. The van der Waals surface area contributed by atoms with E-state index < -0.39 is 0 Å². The molecule has 0 saturated heterocycles. The summed E-state index contributed by atoms with van der Waals surface area (Å²) in [6.45, 7) is 14.3. The van der Waals surface area contributed by atoms with E-state index in [9.17, 15) is 0 Å². The molecule has 1 spiro atoms. The van der Waals surface area contributed by atoms with Crippen molar-refractivity contribution in [2.75, 3.05) is 19.1 Å². The van der Waals surface area contributed by atoms with E-state index in [1.807, 2.05) is 27.7 Å². The fourth-order valence-corrected chi connectivity index (χ4v) is 13.4. The summed E-state index contributed by atoms with van der Waals surface area (Å²) in [5, 5.41) is 16.1. The number of fused-ring (bicyclic) bond motifs is 15. The Morgan fingerprint density at radius 1 is 0.595 bits per heavy atom. The van der Waals surface area contributed by atoms with Gasteiger partial charge in [-0.2, -0.15) is 0 Å². The highest BCUT2D eigenvalue weighted by Gasteiger charge is 2.54. The van der Waals surface area contributed by atoms with Gasteiger partial charge in [0.25, 0.3) is 0 Å². The second-order valence-electron chi connectivity index (χ2n) is 20.2. The fraction of sp³-hybridized carbons (Fsp3) is 0.158. The van der Waals surface area contributed by atoms with E-state index in [1.165, 1.54) is 133 Å². The zero-order valence-electron chi connectivity index (χ0n) is 46.8. The molecule has 1 N–H and O–H groups in total. The number of hydrogen-bond acceptors (Lipinski definition) is 2. The predicted molar refractivity (Wildman–Crippen MR) is 342 cm³/mol. The van der Waals surface area contributed by atoms with Gasteiger partial charge >= 0.3 is 0 Å². The van der Waals surface area contributed by atoms with Gasteiger partial charge in [-0.25, -0.2) is 0 Å². The summed E-state index contributed by atoms with van der Waals surface area (Å²) in [6, 6.07) is 67.4. The Bertz CT molecular complexity index is 4180. The van der Waals surface area contributed by atoms with Crippen LogP contribution in [0.4, 0.5) is 11.4 Å². The lowest BCUT2D eigenvalue weighted by atomic mass is 9.68. The highest BCUT2D eigenvalue weighted by molar-refractivity contribution is 6.22. The van der Waals surface area contributed by atoms with E-state index in [-0.39, 0.29) is 5.41 Å². The minimum Gasteiger partial charge on any atom is -0.400 e. The van der Waals surface area contributed by atoms with Crippen molar-refractivity contribution >= 4 is 65.9 Å². The molecule has 0 fully saturated rings. The van der Waals surface area contributed by atoms with Gasteiger partial charge in [-0.1, -0.05) is 228 Å². The highest BCUT2D eigenvalue weighted by Crippen LogP contribution is 2.64. The SMILES string of the molecule is C=CC1=C(/C=C\C)c2ccccc2C12C1=CC=CCC1c1ccccc12.CC.CC.CN(c1cccc(-c2ccc3c(c2)c2c(n3C3=CC=CCC3)-c3cccc4cccc-2c34)c1)c1ccc2c(ccc3ccccc32)c1.CO. The van der Waals surface area contributed by atoms with Gasteiger partial charge in [0, 0.05) is 53.7 Å². The number of nitrogens with zero attached hydrogens (tertiary/aromatic N) is 2. The third-order valence-electron chi connectivity index (χ3n) is 16.5. The van der Waals surface area contributed by atoms with E-state index in [4.69, 9.17) is 5.11 Å². The molecule has 15 rings (SSSR count). The summed E-state index contributed by atoms with van der Waals surface area (Å²) < 4.78 is 2.54. The maximum absolute atomic E-state index is 7.00. The second-order valence-corrected chi connectivity index (χ2v) is 20.2. The number of benzene rings is 9. The predicted octanol–water partition coefficient (Wildman–Crippen LogP) is 20.5. The number of rotatable bonds is 6. The Morgan fingerprint density at radius 2 is 1.27 bits per heavy atom. The topological polar surface area (TPSA) is 28.4 Å². The quantitative estimate of drug-likeness (QED) is 0.168. The molecular weight excluding hydrogens is 957 g/mol. The van der Waals surface area contributed by atoms with E-state index >= 15 is 0 Å². The van der Waals surface area contributed by atoms with Crippen LogP contribution in [-0.4, -0.2) is 23.8 Å². The molecule has 1 aromatic heterocycles. The molecule has 0 saturated carbocycles. The highest BCUT2D eigenvalue weighted by atomic mass is 16.2. The summed E-state index contributed by atoms with van der Waals surface area (Å²) >= 11 is 0. The van der Waals surface area contributed by atoms with Crippen LogP contribution in [-0.2, 0) is 5.41 Å². The van der Waals surface area contributed by atoms with Gasteiger partial charge in [0.15, 0.2) is 0 Å². The van der Waals surface area contributed by atoms with Crippen molar-refractivity contribution in [1.82, 2.24) is 4.57 Å². The number of aromatic nitrogens is 1. The molecule has 10 aromatic rings. The van der Waals surface area contributed by atoms with Crippen LogP contribution >= 0.6 is 0 Å². The minimum absolute atomic E-state index is 0.195. The summed E-state index contributed by atoms with van der Waals surface area (Å²) in [5.41, 5.74) is 22.4. The average molecular weight is 1030 g/mol. The van der Waals surface area contributed by atoms with Crippen molar-refractivity contribution in [2.24, 2.45) is 0 Å². The van der Waals surface area contributed by atoms with Gasteiger partial charge in [0.2, 0.25) is 0 Å².